The second-order valence-electron chi connectivity index (χ2n) is 4.63. The molecule has 13 heteroatoms. The van der Waals surface area contributed by atoms with Crippen molar-refractivity contribution in [2.24, 2.45) is 0 Å². The minimum atomic E-state index is -4.83. The maximum Gasteiger partial charge on any atom is 0.469 e. The van der Waals surface area contributed by atoms with Gasteiger partial charge in [0.05, 0.1) is 6.61 Å². The lowest BCUT2D eigenvalue weighted by atomic mass is 10.1. The van der Waals surface area contributed by atoms with Gasteiger partial charge in [0.2, 0.25) is 11.8 Å². The lowest BCUT2D eigenvalue weighted by Crippen LogP contribution is -2.59. The van der Waals surface area contributed by atoms with E-state index >= 15 is 0 Å². The van der Waals surface area contributed by atoms with Crippen LogP contribution < -0.4 is 5.32 Å². The third-order valence-electron chi connectivity index (χ3n) is 3.04. The first-order valence-electron chi connectivity index (χ1n) is 5.97. The Kier molecular flexibility index (Phi) is 4.63. The topological polar surface area (TPSA) is 183 Å². The van der Waals surface area contributed by atoms with E-state index < -0.39 is 63.2 Å². The molecule has 2 fully saturated rings. The van der Waals surface area contributed by atoms with Gasteiger partial charge >= 0.3 is 13.9 Å². The van der Waals surface area contributed by atoms with Crippen LogP contribution in [0.25, 0.3) is 0 Å². The van der Waals surface area contributed by atoms with Gasteiger partial charge in [-0.1, -0.05) is 0 Å². The molecular weight excluding hydrogens is 330 g/mol. The highest BCUT2D eigenvalue weighted by atomic mass is 31.2. The predicted molar refractivity (Wildman–Crippen MR) is 63.7 cm³/mol. The highest BCUT2D eigenvalue weighted by Crippen LogP contribution is 2.37. The quantitative estimate of drug-likeness (QED) is 0.153. The maximum atomic E-state index is 11.7. The smallest absolute Gasteiger partial charge is 0.387 e. The Morgan fingerprint density at radius 1 is 1.27 bits per heavy atom. The number of carbonyl (C=O) groups excluding carboxylic acids is 3. The average Bonchev–Trinajstić information content (AvgIpc) is 2.63. The monoisotopic (exact) mass is 343 g/mol. The van der Waals surface area contributed by atoms with E-state index in [1.54, 1.807) is 0 Å². The zero-order valence-corrected chi connectivity index (χ0v) is 11.8. The van der Waals surface area contributed by atoms with Gasteiger partial charge in [0.15, 0.2) is 6.23 Å². The van der Waals surface area contributed by atoms with E-state index in [0.29, 0.717) is 4.90 Å². The fraction of sp³-hybridized carbons (Fsp3) is 0.667. The molecule has 0 bridgehead atoms. The molecule has 0 aromatic rings. The summed E-state index contributed by atoms with van der Waals surface area (Å²) in [4.78, 5) is 51.9. The van der Waals surface area contributed by atoms with Crippen molar-refractivity contribution in [1.29, 1.82) is 0 Å². The summed E-state index contributed by atoms with van der Waals surface area (Å²) in [5, 5.41) is 21.4. The zero-order valence-electron chi connectivity index (χ0n) is 10.9. The number of nitrogens with zero attached hydrogens (tertiary/aromatic N) is 1. The zero-order chi connectivity index (χ0) is 16.7. The number of imide groups is 2. The molecule has 4 atom stereocenters. The molecule has 0 radical (unpaired) electrons. The van der Waals surface area contributed by atoms with E-state index in [0.717, 1.165) is 0 Å². The molecule has 124 valence electrons. The number of aliphatic hydroxyl groups is 2. The minimum absolute atomic E-state index is 0.423. The number of amides is 4. The molecule has 2 aliphatic rings. The summed E-state index contributed by atoms with van der Waals surface area (Å²) in [6.07, 6.45) is -7.02. The van der Waals surface area contributed by atoms with Crippen LogP contribution >= 0.6 is 7.82 Å². The lowest BCUT2D eigenvalue weighted by molar-refractivity contribution is -0.150. The second kappa shape index (κ2) is 6.01. The fourth-order valence-corrected chi connectivity index (χ4v) is 2.41. The summed E-state index contributed by atoms with van der Waals surface area (Å²) in [5.74, 6) is -1.76. The predicted octanol–water partition coefficient (Wildman–Crippen LogP) is -2.99. The van der Waals surface area contributed by atoms with E-state index in [1.807, 2.05) is 5.32 Å². The van der Waals surface area contributed by atoms with Gasteiger partial charge < -0.3 is 24.7 Å². The largest absolute Gasteiger partial charge is 0.469 e. The van der Waals surface area contributed by atoms with Crippen LogP contribution in [0.3, 0.4) is 0 Å². The molecule has 4 amide bonds. The molecule has 2 aliphatic heterocycles. The Balaban J connectivity index is 2.09. The van der Waals surface area contributed by atoms with Crippen LogP contribution in [-0.4, -0.2) is 73.9 Å². The third-order valence-corrected chi connectivity index (χ3v) is 3.53. The molecule has 0 saturated carbocycles. The molecule has 0 unspecified atom stereocenters. The minimum Gasteiger partial charge on any atom is -0.387 e. The second-order valence-corrected chi connectivity index (χ2v) is 5.87. The number of phosphoric ester groups is 1. The Morgan fingerprint density at radius 3 is 2.45 bits per heavy atom. The van der Waals surface area contributed by atoms with Crippen LogP contribution in [0.2, 0.25) is 0 Å². The first-order valence-corrected chi connectivity index (χ1v) is 7.51. The number of ether oxygens (including phenoxy) is 1. The summed E-state index contributed by atoms with van der Waals surface area (Å²) in [5.41, 5.74) is 0. The van der Waals surface area contributed by atoms with Crippen molar-refractivity contribution >= 4 is 25.7 Å². The van der Waals surface area contributed by atoms with Crippen molar-refractivity contribution in [3.8, 4) is 0 Å². The number of hydrogen-bond donors (Lipinski definition) is 5. The Labute approximate surface area is 122 Å². The summed E-state index contributed by atoms with van der Waals surface area (Å²) in [6, 6.07) is -1.13. The Morgan fingerprint density at radius 2 is 1.91 bits per heavy atom. The van der Waals surface area contributed by atoms with Crippen LogP contribution in [-0.2, 0) is 23.4 Å². The van der Waals surface area contributed by atoms with E-state index in [4.69, 9.17) is 14.5 Å². The lowest BCUT2D eigenvalue weighted by Gasteiger charge is -2.30. The molecule has 2 heterocycles. The first kappa shape index (κ1) is 17.0. The van der Waals surface area contributed by atoms with Gasteiger partial charge in [-0.2, -0.15) is 0 Å². The molecule has 0 aromatic carbocycles. The number of phosphoric acid groups is 1. The van der Waals surface area contributed by atoms with Crippen LogP contribution in [0.5, 0.6) is 0 Å². The van der Waals surface area contributed by atoms with Crippen LogP contribution in [0.1, 0.15) is 6.42 Å². The fourth-order valence-electron chi connectivity index (χ4n) is 2.07. The number of barbiturate groups is 1. The van der Waals surface area contributed by atoms with Crippen molar-refractivity contribution in [2.75, 3.05) is 6.61 Å². The van der Waals surface area contributed by atoms with E-state index in [1.165, 1.54) is 0 Å². The third kappa shape index (κ3) is 3.50. The van der Waals surface area contributed by atoms with Crippen LogP contribution in [0.4, 0.5) is 4.79 Å². The number of aliphatic hydroxyl groups excluding tert-OH is 2. The normalized spacial score (nSPS) is 33.3. The summed E-state index contributed by atoms with van der Waals surface area (Å²) in [6.45, 7) is -0.776. The first-order chi connectivity index (χ1) is 10.1. The number of carbonyl (C=O) groups is 3. The van der Waals surface area contributed by atoms with Crippen molar-refractivity contribution in [3.63, 3.8) is 0 Å². The molecule has 0 aromatic heterocycles. The number of rotatable bonds is 4. The van der Waals surface area contributed by atoms with Gasteiger partial charge in [-0.25, -0.2) is 14.3 Å². The standard InChI is InChI=1S/C9H13N2O10P/c12-4-1-5(13)11(9(16)10-4)8-7(15)6(14)3(21-8)2-20-22(17,18)19/h3,6-8,14-15H,1-2H2,(H,10,12,16)(H2,17,18,19)/t3-,6-,7-,8-/m1/s1/i9+1,10+1,11+1. The van der Waals surface area contributed by atoms with Gasteiger partial charge in [-0.05, 0) is 0 Å². The van der Waals surface area contributed by atoms with Crippen LogP contribution in [0.15, 0.2) is 0 Å². The average molecular weight is 343 g/mol. The van der Waals surface area contributed by atoms with Crippen molar-refractivity contribution < 1.29 is 48.2 Å². The van der Waals surface area contributed by atoms with Gasteiger partial charge in [0.1, 0.15) is 24.7 Å². The van der Waals surface area contributed by atoms with Gasteiger partial charge in [0, 0.05) is 0 Å². The maximum absolute atomic E-state index is 11.7. The summed E-state index contributed by atoms with van der Waals surface area (Å²) >= 11 is 0. The summed E-state index contributed by atoms with van der Waals surface area (Å²) in [7, 11) is -4.83. The summed E-state index contributed by atoms with van der Waals surface area (Å²) < 4.78 is 19.8. The van der Waals surface area contributed by atoms with Crippen molar-refractivity contribution in [3.05, 3.63) is 0 Å². The number of urea groups is 1. The SMILES string of the molecule is O=C1CC(=O)[15N]([C@@H]2O[C@H](COP(=O)(O)O)[C@@H](O)[C@H]2O)[13C](=O)[15NH]1. The Hall–Kier alpha value is -1.40. The molecule has 2 saturated heterocycles. The highest BCUT2D eigenvalue weighted by molar-refractivity contribution is 7.46. The van der Waals surface area contributed by atoms with E-state index in [-0.39, 0.29) is 0 Å². The highest BCUT2D eigenvalue weighted by Gasteiger charge is 2.50. The number of hydrogen-bond acceptors (Lipinski definition) is 8. The molecule has 5 N–H and O–H groups in total. The van der Waals surface area contributed by atoms with Crippen LogP contribution in [0, 0.1) is 0 Å². The van der Waals surface area contributed by atoms with Gasteiger partial charge in [-0.15, -0.1) is 0 Å². The van der Waals surface area contributed by atoms with E-state index in [9.17, 15) is 29.2 Å². The Bertz CT molecular complexity index is 527. The molecule has 12 nitrogen and oxygen atoms in total. The van der Waals surface area contributed by atoms with Gasteiger partial charge in [-0.3, -0.25) is 19.4 Å². The van der Waals surface area contributed by atoms with Crippen molar-refractivity contribution in [2.45, 2.75) is 31.0 Å². The molecule has 0 spiro atoms. The van der Waals surface area contributed by atoms with Crippen molar-refractivity contribution in [1.82, 2.24) is 10.2 Å². The number of nitrogens with one attached hydrogen (secondary N) is 1. The molecule has 0 aliphatic carbocycles. The van der Waals surface area contributed by atoms with Gasteiger partial charge in [0.25, 0.3) is 0 Å². The molecular formula is C9H13N2O10P. The molecule has 2 rings (SSSR count). The molecule has 22 heavy (non-hydrogen) atoms. The van der Waals surface area contributed by atoms with E-state index in [2.05, 4.69) is 4.52 Å².